The minimum absolute atomic E-state index is 0.0703. The lowest BCUT2D eigenvalue weighted by atomic mass is 10.8. The number of rotatable bonds is 4. The fourth-order valence-electron chi connectivity index (χ4n) is 0.148. The number of hydrogen-bond donors (Lipinski definition) is 4. The Morgan fingerprint density at radius 1 is 1.10 bits per heavy atom. The largest absolute Gasteiger partial charge is 0.394 e. The first-order chi connectivity index (χ1) is 4.83. The van der Waals surface area contributed by atoms with Gasteiger partial charge in [0.25, 0.3) is 0 Å². The zero-order chi connectivity index (χ0) is 8.24. The minimum Gasteiger partial charge on any atom is -0.394 e. The van der Waals surface area contributed by atoms with Crippen LogP contribution in [0.25, 0.3) is 0 Å². The second-order valence-corrected chi connectivity index (χ2v) is 1.22. The maximum Gasteiger partial charge on any atom is 0.0913 e. The molecule has 0 saturated carbocycles. The van der Waals surface area contributed by atoms with Crippen LogP contribution < -0.4 is 5.48 Å². The van der Waals surface area contributed by atoms with Crippen molar-refractivity contribution in [2.45, 2.75) is 0 Å². The first-order valence-corrected chi connectivity index (χ1v) is 2.94. The lowest BCUT2D eigenvalue weighted by molar-refractivity contribution is 0.0314. The molecule has 10 heavy (non-hydrogen) atoms. The molecule has 0 heterocycles. The predicted octanol–water partition coefficient (Wildman–Crippen LogP) is -1.90. The number of aliphatic hydroxyl groups excluding tert-OH is 3. The summed E-state index contributed by atoms with van der Waals surface area (Å²) >= 11 is 0. The zero-order valence-electron chi connectivity index (χ0n) is 6.08. The van der Waals surface area contributed by atoms with Gasteiger partial charge in [-0.3, -0.25) is 4.84 Å². The van der Waals surface area contributed by atoms with Crippen molar-refractivity contribution in [3.05, 3.63) is 0 Å². The first-order valence-electron chi connectivity index (χ1n) is 2.94. The average molecular weight is 153 g/mol. The van der Waals surface area contributed by atoms with Gasteiger partial charge >= 0.3 is 0 Å². The highest BCUT2D eigenvalue weighted by molar-refractivity contribution is 4.13. The molecule has 0 unspecified atom stereocenters. The smallest absolute Gasteiger partial charge is 0.0913 e. The van der Waals surface area contributed by atoms with E-state index in [9.17, 15) is 0 Å². The Hall–Kier alpha value is -0.200. The third-order valence-electron chi connectivity index (χ3n) is 0.438. The normalized spacial score (nSPS) is 8.40. The molecule has 0 radical (unpaired) electrons. The van der Waals surface area contributed by atoms with Crippen LogP contribution >= 0.6 is 0 Å². The van der Waals surface area contributed by atoms with Gasteiger partial charge in [-0.15, -0.1) is 0 Å². The molecule has 4 N–H and O–H groups in total. The summed E-state index contributed by atoms with van der Waals surface area (Å²) in [6.45, 7) is 0.178. The van der Waals surface area contributed by atoms with Crippen molar-refractivity contribution in [3.8, 4) is 0 Å². The topological polar surface area (TPSA) is 82.0 Å². The molecule has 0 aliphatic rings. The molecule has 0 aliphatic carbocycles. The van der Waals surface area contributed by atoms with Crippen LogP contribution in [0.1, 0.15) is 0 Å². The molecule has 0 aliphatic heterocycles. The van der Waals surface area contributed by atoms with Gasteiger partial charge in [0.15, 0.2) is 0 Å². The molecule has 0 amide bonds. The molecule has 0 atom stereocenters. The molecule has 0 fully saturated rings. The van der Waals surface area contributed by atoms with E-state index in [4.69, 9.17) is 15.3 Å². The van der Waals surface area contributed by atoms with Gasteiger partial charge in [-0.05, 0) is 0 Å². The lowest BCUT2D eigenvalue weighted by Gasteiger charge is -1.92. The molecule has 0 rings (SSSR count). The van der Waals surface area contributed by atoms with Gasteiger partial charge in [-0.25, -0.2) is 5.48 Å². The highest BCUT2D eigenvalue weighted by Gasteiger charge is 1.72. The molecule has 0 bridgehead atoms. The monoisotopic (exact) mass is 153 g/mol. The van der Waals surface area contributed by atoms with E-state index in [1.165, 1.54) is 0 Å². The molecular weight excluding hydrogens is 138 g/mol. The molecule has 5 heteroatoms. The highest BCUT2D eigenvalue weighted by Crippen LogP contribution is 1.57. The number of hydrogen-bond acceptors (Lipinski definition) is 5. The van der Waals surface area contributed by atoms with Gasteiger partial charge < -0.3 is 15.3 Å². The molecular formula is C5H15NO4. The molecule has 0 aromatic rings. The van der Waals surface area contributed by atoms with Gasteiger partial charge in [-0.2, -0.15) is 0 Å². The van der Waals surface area contributed by atoms with Crippen LogP contribution in [0.3, 0.4) is 0 Å². The first kappa shape index (κ1) is 12.5. The summed E-state index contributed by atoms with van der Waals surface area (Å²) in [5.74, 6) is 0. The summed E-state index contributed by atoms with van der Waals surface area (Å²) in [5.41, 5.74) is 2.41. The average Bonchev–Trinajstić information content (AvgIpc) is 2.01. The standard InChI is InChI=1S/C3H9NO2.C2H6O2/c1-4-6-3-2-5;3-1-2-4/h4-5H,2-3H2,1H3;3-4H,1-2H2. The predicted molar refractivity (Wildman–Crippen MR) is 36.3 cm³/mol. The number of hydroxylamine groups is 1. The fourth-order valence-corrected chi connectivity index (χ4v) is 0.148. The van der Waals surface area contributed by atoms with Crippen LogP contribution in [0.4, 0.5) is 0 Å². The van der Waals surface area contributed by atoms with Crippen LogP contribution in [0, 0.1) is 0 Å². The lowest BCUT2D eigenvalue weighted by Crippen LogP contribution is -2.10. The van der Waals surface area contributed by atoms with Gasteiger partial charge in [0.1, 0.15) is 0 Å². The molecule has 0 saturated heterocycles. The zero-order valence-corrected chi connectivity index (χ0v) is 6.08. The Morgan fingerprint density at radius 2 is 1.60 bits per heavy atom. The number of nitrogens with one attached hydrogen (secondary N) is 1. The van der Waals surface area contributed by atoms with Crippen molar-refractivity contribution < 1.29 is 20.2 Å². The van der Waals surface area contributed by atoms with Crippen LogP contribution in [-0.4, -0.2) is 48.8 Å². The third-order valence-corrected chi connectivity index (χ3v) is 0.438. The summed E-state index contributed by atoms with van der Waals surface area (Å²) in [7, 11) is 1.65. The van der Waals surface area contributed by atoms with Crippen molar-refractivity contribution in [2.24, 2.45) is 0 Å². The summed E-state index contributed by atoms with van der Waals surface area (Å²) in [4.78, 5) is 4.48. The summed E-state index contributed by atoms with van der Waals surface area (Å²) in [5, 5.41) is 23.3. The molecule has 0 aromatic heterocycles. The van der Waals surface area contributed by atoms with E-state index in [0.29, 0.717) is 6.61 Å². The summed E-state index contributed by atoms with van der Waals surface area (Å²) in [6, 6.07) is 0. The third kappa shape index (κ3) is 25.0. The van der Waals surface area contributed by atoms with Gasteiger partial charge in [-0.1, -0.05) is 0 Å². The quantitative estimate of drug-likeness (QED) is 0.280. The Morgan fingerprint density at radius 3 is 1.70 bits per heavy atom. The molecule has 64 valence electrons. The van der Waals surface area contributed by atoms with Gasteiger partial charge in [0.05, 0.1) is 26.4 Å². The Kier molecular flexibility index (Phi) is 19.9. The van der Waals surface area contributed by atoms with Crippen molar-refractivity contribution in [1.82, 2.24) is 5.48 Å². The van der Waals surface area contributed by atoms with Crippen LogP contribution in [0.2, 0.25) is 0 Å². The van der Waals surface area contributed by atoms with Gasteiger partial charge in [0, 0.05) is 7.05 Å². The highest BCUT2D eigenvalue weighted by atomic mass is 16.6. The molecule has 0 aromatic carbocycles. The maximum atomic E-state index is 8.03. The second kappa shape index (κ2) is 15.9. The van der Waals surface area contributed by atoms with E-state index < -0.39 is 0 Å². The Bertz CT molecular complexity index is 38.6. The van der Waals surface area contributed by atoms with Crippen molar-refractivity contribution in [3.63, 3.8) is 0 Å². The SMILES string of the molecule is CNOCCO.OCCO. The van der Waals surface area contributed by atoms with E-state index in [2.05, 4.69) is 10.3 Å². The molecule has 0 spiro atoms. The van der Waals surface area contributed by atoms with E-state index in [0.717, 1.165) is 0 Å². The van der Waals surface area contributed by atoms with Crippen molar-refractivity contribution >= 4 is 0 Å². The molecule has 5 nitrogen and oxygen atoms in total. The van der Waals surface area contributed by atoms with E-state index in [1.54, 1.807) is 7.05 Å². The Balaban J connectivity index is 0. The fraction of sp³-hybridized carbons (Fsp3) is 1.00. The maximum absolute atomic E-state index is 8.03. The second-order valence-electron chi connectivity index (χ2n) is 1.22. The van der Waals surface area contributed by atoms with Crippen LogP contribution in [0.5, 0.6) is 0 Å². The van der Waals surface area contributed by atoms with E-state index in [1.807, 2.05) is 0 Å². The van der Waals surface area contributed by atoms with E-state index >= 15 is 0 Å². The van der Waals surface area contributed by atoms with Crippen molar-refractivity contribution in [2.75, 3.05) is 33.5 Å². The van der Waals surface area contributed by atoms with Gasteiger partial charge in [0.2, 0.25) is 0 Å². The minimum atomic E-state index is -0.125. The van der Waals surface area contributed by atoms with E-state index in [-0.39, 0.29) is 19.8 Å². The van der Waals surface area contributed by atoms with Crippen molar-refractivity contribution in [1.29, 1.82) is 0 Å². The van der Waals surface area contributed by atoms with Crippen LogP contribution in [-0.2, 0) is 4.84 Å². The Labute approximate surface area is 60.2 Å². The van der Waals surface area contributed by atoms with Crippen LogP contribution in [0.15, 0.2) is 0 Å². The summed E-state index contributed by atoms with van der Waals surface area (Å²) < 4.78 is 0. The number of aliphatic hydroxyl groups is 3. The summed E-state index contributed by atoms with van der Waals surface area (Å²) in [6.07, 6.45) is 0.